The van der Waals surface area contributed by atoms with E-state index in [0.29, 0.717) is 40.9 Å². The van der Waals surface area contributed by atoms with Crippen LogP contribution < -0.4 is 10.1 Å². The highest BCUT2D eigenvalue weighted by Crippen LogP contribution is 2.39. The molecule has 2 N–H and O–H groups in total. The third-order valence-corrected chi connectivity index (χ3v) is 9.78. The summed E-state index contributed by atoms with van der Waals surface area (Å²) in [5.41, 5.74) is 3.46. The molecule has 0 spiro atoms. The number of rotatable bonds is 10. The third-order valence-electron chi connectivity index (χ3n) is 8.11. The van der Waals surface area contributed by atoms with Crippen LogP contribution in [0.4, 0.5) is 4.79 Å². The number of nitrogens with one attached hydrogen (secondary N) is 1. The SMILES string of the molecule is CCOc1ccc(-c2ccc(C(C)=O)cc2)cc1CN(C(=O)c1sc2ccccc2c1Cl)C1CCC(CNC(=O)O)CC1. The van der Waals surface area contributed by atoms with Crippen molar-refractivity contribution in [3.05, 3.63) is 87.8 Å². The summed E-state index contributed by atoms with van der Waals surface area (Å²) in [5, 5.41) is 12.9. The third kappa shape index (κ3) is 7.03. The molecule has 1 fully saturated rings. The van der Waals surface area contributed by atoms with E-state index in [9.17, 15) is 14.4 Å². The Morgan fingerprint density at radius 1 is 1.00 bits per heavy atom. The number of carbonyl (C=O) groups excluding carboxylic acids is 2. The van der Waals surface area contributed by atoms with Crippen molar-refractivity contribution in [2.75, 3.05) is 13.2 Å². The van der Waals surface area contributed by atoms with Crippen molar-refractivity contribution in [3.63, 3.8) is 0 Å². The maximum Gasteiger partial charge on any atom is 0.404 e. The van der Waals surface area contributed by atoms with Gasteiger partial charge in [-0.15, -0.1) is 11.3 Å². The number of hydrogen-bond donors (Lipinski definition) is 2. The Morgan fingerprint density at radius 2 is 1.70 bits per heavy atom. The van der Waals surface area contributed by atoms with Gasteiger partial charge in [0.05, 0.1) is 11.6 Å². The van der Waals surface area contributed by atoms with E-state index in [4.69, 9.17) is 21.4 Å². The van der Waals surface area contributed by atoms with Gasteiger partial charge in [-0.05, 0) is 74.8 Å². The molecule has 1 saturated carbocycles. The van der Waals surface area contributed by atoms with Gasteiger partial charge in [0.2, 0.25) is 0 Å². The summed E-state index contributed by atoms with van der Waals surface area (Å²) in [7, 11) is 0. The normalized spacial score (nSPS) is 16.5. The smallest absolute Gasteiger partial charge is 0.404 e. The van der Waals surface area contributed by atoms with Gasteiger partial charge in [0.1, 0.15) is 10.6 Å². The van der Waals surface area contributed by atoms with Gasteiger partial charge in [-0.3, -0.25) is 9.59 Å². The minimum atomic E-state index is -1.02. The van der Waals surface area contributed by atoms with Gasteiger partial charge in [0.15, 0.2) is 5.78 Å². The van der Waals surface area contributed by atoms with Gasteiger partial charge in [-0.2, -0.15) is 0 Å². The highest BCUT2D eigenvalue weighted by atomic mass is 35.5. The summed E-state index contributed by atoms with van der Waals surface area (Å²) < 4.78 is 6.99. The minimum absolute atomic E-state index is 0.0152. The van der Waals surface area contributed by atoms with Crippen LogP contribution in [0, 0.1) is 5.92 Å². The van der Waals surface area contributed by atoms with Gasteiger partial charge in [0.25, 0.3) is 5.91 Å². The monoisotopic (exact) mass is 618 g/mol. The van der Waals surface area contributed by atoms with Crippen LogP contribution in [0.15, 0.2) is 66.7 Å². The van der Waals surface area contributed by atoms with E-state index in [0.717, 1.165) is 52.5 Å². The zero-order valence-corrected chi connectivity index (χ0v) is 25.8. The van der Waals surface area contributed by atoms with E-state index in [1.165, 1.54) is 11.3 Å². The fourth-order valence-electron chi connectivity index (χ4n) is 5.80. The lowest BCUT2D eigenvalue weighted by Gasteiger charge is -2.37. The Hall–Kier alpha value is -3.88. The first-order valence-electron chi connectivity index (χ1n) is 14.6. The molecule has 5 rings (SSSR count). The second-order valence-electron chi connectivity index (χ2n) is 10.9. The summed E-state index contributed by atoms with van der Waals surface area (Å²) in [6.07, 6.45) is 2.13. The molecular weight excluding hydrogens is 584 g/mol. The van der Waals surface area contributed by atoms with Crippen LogP contribution in [-0.2, 0) is 6.54 Å². The zero-order chi connectivity index (χ0) is 30.5. The molecule has 0 saturated heterocycles. The lowest BCUT2D eigenvalue weighted by Crippen LogP contribution is -2.43. The van der Waals surface area contributed by atoms with Crippen molar-refractivity contribution in [2.45, 2.75) is 52.1 Å². The molecule has 0 bridgehead atoms. The zero-order valence-electron chi connectivity index (χ0n) is 24.3. The first-order chi connectivity index (χ1) is 20.7. The number of fused-ring (bicyclic) bond motifs is 1. The van der Waals surface area contributed by atoms with Crippen LogP contribution in [0.25, 0.3) is 21.2 Å². The fourth-order valence-corrected chi connectivity index (χ4v) is 7.27. The molecule has 7 nitrogen and oxygen atoms in total. The van der Waals surface area contributed by atoms with Crippen LogP contribution in [0.3, 0.4) is 0 Å². The van der Waals surface area contributed by atoms with E-state index in [-0.39, 0.29) is 23.7 Å². The summed E-state index contributed by atoms with van der Waals surface area (Å²) in [6, 6.07) is 21.2. The van der Waals surface area contributed by atoms with Crippen LogP contribution in [0.1, 0.15) is 65.1 Å². The molecule has 1 aromatic heterocycles. The number of thiophene rings is 1. The van der Waals surface area contributed by atoms with Gasteiger partial charge < -0.3 is 20.1 Å². The molecule has 9 heteroatoms. The number of nitrogens with zero attached hydrogens (tertiary/aromatic N) is 1. The van der Waals surface area contributed by atoms with Crippen LogP contribution >= 0.6 is 22.9 Å². The summed E-state index contributed by atoms with van der Waals surface area (Å²) in [4.78, 5) is 39.6. The van der Waals surface area contributed by atoms with Crippen LogP contribution in [-0.4, -0.2) is 47.0 Å². The van der Waals surface area contributed by atoms with E-state index >= 15 is 0 Å². The van der Waals surface area contributed by atoms with Crippen molar-refractivity contribution in [1.29, 1.82) is 0 Å². The standard InChI is InChI=1S/C34H35ClN2O5S/c1-3-42-29-17-14-25(24-12-10-23(11-13-24)21(2)38)18-26(29)20-37(27-15-8-22(9-16-27)19-36-34(40)41)33(39)32-31(35)28-6-4-5-7-30(28)43-32/h4-7,10-14,17-18,22,27,36H,3,8-9,15-16,19-20H2,1-2H3,(H,40,41). The number of hydrogen-bond acceptors (Lipinski definition) is 5. The molecule has 43 heavy (non-hydrogen) atoms. The second kappa shape index (κ2) is 13.6. The van der Waals surface area contributed by atoms with E-state index in [1.54, 1.807) is 6.92 Å². The molecule has 0 atom stereocenters. The molecule has 1 heterocycles. The summed E-state index contributed by atoms with van der Waals surface area (Å²) >= 11 is 8.21. The largest absolute Gasteiger partial charge is 0.494 e. The molecule has 0 unspecified atom stereocenters. The lowest BCUT2D eigenvalue weighted by atomic mass is 9.85. The Labute approximate surface area is 260 Å². The number of ketones is 1. The molecular formula is C34H35ClN2O5S. The molecule has 1 aliphatic rings. The first kappa shape index (κ1) is 30.6. The average molecular weight is 619 g/mol. The molecule has 0 aliphatic heterocycles. The van der Waals surface area contributed by atoms with Crippen molar-refractivity contribution in [3.8, 4) is 16.9 Å². The number of Topliss-reactive ketones (excluding diaryl/α,β-unsaturated/α-hetero) is 1. The van der Waals surface area contributed by atoms with Crippen LogP contribution in [0.2, 0.25) is 5.02 Å². The summed E-state index contributed by atoms with van der Waals surface area (Å²) in [5.74, 6) is 0.849. The van der Waals surface area contributed by atoms with Gasteiger partial charge >= 0.3 is 6.09 Å². The average Bonchev–Trinajstić information content (AvgIpc) is 3.36. The highest BCUT2D eigenvalue weighted by Gasteiger charge is 2.32. The molecule has 1 aliphatic carbocycles. The Kier molecular flexibility index (Phi) is 9.68. The van der Waals surface area contributed by atoms with Crippen LogP contribution in [0.5, 0.6) is 5.75 Å². The molecule has 3 aromatic carbocycles. The maximum atomic E-state index is 14.3. The molecule has 4 aromatic rings. The fraction of sp³-hybridized carbons (Fsp3) is 0.324. The molecule has 2 amide bonds. The summed E-state index contributed by atoms with van der Waals surface area (Å²) in [6.45, 7) is 4.72. The molecule has 224 valence electrons. The highest BCUT2D eigenvalue weighted by molar-refractivity contribution is 7.21. The van der Waals surface area contributed by atoms with Crippen molar-refractivity contribution < 1.29 is 24.2 Å². The maximum absolute atomic E-state index is 14.3. The second-order valence-corrected chi connectivity index (χ2v) is 12.4. The number of benzene rings is 3. The number of carboxylic acid groups (broad SMARTS) is 1. The Balaban J connectivity index is 1.49. The van der Waals surface area contributed by atoms with E-state index < -0.39 is 6.09 Å². The van der Waals surface area contributed by atoms with E-state index in [1.807, 2.05) is 72.5 Å². The van der Waals surface area contributed by atoms with Crippen molar-refractivity contribution in [2.24, 2.45) is 5.92 Å². The van der Waals surface area contributed by atoms with E-state index in [2.05, 4.69) is 11.4 Å². The predicted molar refractivity (Wildman–Crippen MR) is 172 cm³/mol. The topological polar surface area (TPSA) is 95.9 Å². The predicted octanol–water partition coefficient (Wildman–Crippen LogP) is 8.29. The number of carbonyl (C=O) groups is 3. The number of halogens is 1. The number of ether oxygens (including phenoxy) is 1. The van der Waals surface area contributed by atoms with Gasteiger partial charge in [0, 0.05) is 40.3 Å². The van der Waals surface area contributed by atoms with Crippen molar-refractivity contribution >= 4 is 50.8 Å². The van der Waals surface area contributed by atoms with Gasteiger partial charge in [-0.1, -0.05) is 60.1 Å². The Morgan fingerprint density at radius 3 is 2.35 bits per heavy atom. The first-order valence-corrected chi connectivity index (χ1v) is 15.8. The lowest BCUT2D eigenvalue weighted by molar-refractivity contribution is 0.0592. The quantitative estimate of drug-likeness (QED) is 0.174. The molecule has 0 radical (unpaired) electrons. The van der Waals surface area contributed by atoms with Crippen molar-refractivity contribution in [1.82, 2.24) is 10.2 Å². The van der Waals surface area contributed by atoms with Gasteiger partial charge in [-0.25, -0.2) is 4.79 Å². The Bertz CT molecular complexity index is 1630. The number of amides is 2. The minimum Gasteiger partial charge on any atom is -0.494 e.